The molecule has 0 amide bonds. The van der Waals surface area contributed by atoms with Crippen molar-refractivity contribution in [1.82, 2.24) is 9.13 Å². The van der Waals surface area contributed by atoms with E-state index in [2.05, 4.69) is 15.6 Å². The van der Waals surface area contributed by atoms with Crippen molar-refractivity contribution in [1.29, 1.82) is 0 Å². The van der Waals surface area contributed by atoms with Crippen molar-refractivity contribution in [2.24, 2.45) is 0 Å². The number of hydrogen-bond donors (Lipinski definition) is 0. The molecule has 92 valence electrons. The van der Waals surface area contributed by atoms with Crippen LogP contribution < -0.4 is 0 Å². The van der Waals surface area contributed by atoms with Crippen molar-refractivity contribution in [3.05, 3.63) is 28.6 Å². The van der Waals surface area contributed by atoms with Crippen LogP contribution >= 0.6 is 0 Å². The summed E-state index contributed by atoms with van der Waals surface area (Å²) >= 11 is 2.52. The molecule has 0 atom stereocenters. The topological polar surface area (TPSA) is 9.86 Å². The number of fused-ring (bicyclic) bond motifs is 1. The van der Waals surface area contributed by atoms with Gasteiger partial charge < -0.3 is 0 Å². The summed E-state index contributed by atoms with van der Waals surface area (Å²) < 4.78 is 41.1. The number of para-hydroxylation sites is 2. The third-order valence-electron chi connectivity index (χ3n) is 2.55. The van der Waals surface area contributed by atoms with E-state index in [4.69, 9.17) is 0 Å². The van der Waals surface area contributed by atoms with Gasteiger partial charge in [0.25, 0.3) is 0 Å². The van der Waals surface area contributed by atoms with E-state index in [0.717, 1.165) is 0 Å². The molecule has 17 heavy (non-hydrogen) atoms. The third kappa shape index (κ3) is 1.96. The SMILES string of the molecule is CC(C)n1c(=[Se])n(C(F)(F)F)c2ccccc21. The Balaban J connectivity index is 2.95. The number of rotatable bonds is 1. The van der Waals surface area contributed by atoms with Gasteiger partial charge in [0.15, 0.2) is 0 Å². The molecule has 0 unspecified atom stereocenters. The van der Waals surface area contributed by atoms with Crippen LogP contribution in [0, 0.1) is 4.32 Å². The normalized spacial score (nSPS) is 12.6. The van der Waals surface area contributed by atoms with Crippen molar-refractivity contribution in [2.75, 3.05) is 0 Å². The van der Waals surface area contributed by atoms with Crippen LogP contribution in [0.15, 0.2) is 24.3 Å². The van der Waals surface area contributed by atoms with E-state index in [1.54, 1.807) is 22.8 Å². The number of aromatic nitrogens is 2. The molecule has 6 heteroatoms. The Kier molecular flexibility index (Phi) is 2.95. The molecule has 1 aromatic carbocycles. The minimum absolute atomic E-state index is 0.0419. The van der Waals surface area contributed by atoms with Gasteiger partial charge in [0, 0.05) is 0 Å². The Morgan fingerprint density at radius 2 is 1.65 bits per heavy atom. The first-order chi connectivity index (χ1) is 7.84. The molecule has 0 N–H and O–H groups in total. The van der Waals surface area contributed by atoms with Gasteiger partial charge in [-0.3, -0.25) is 0 Å². The maximum absolute atomic E-state index is 13.0. The number of hydrogen-bond acceptors (Lipinski definition) is 0. The molecule has 0 spiro atoms. The summed E-state index contributed by atoms with van der Waals surface area (Å²) in [6.45, 7) is 3.71. The fourth-order valence-electron chi connectivity index (χ4n) is 1.91. The van der Waals surface area contributed by atoms with Crippen molar-refractivity contribution in [2.45, 2.75) is 26.2 Å². The zero-order chi connectivity index (χ0) is 12.8. The quantitative estimate of drug-likeness (QED) is 0.716. The Morgan fingerprint density at radius 3 is 2.12 bits per heavy atom. The molecule has 0 fully saturated rings. The van der Waals surface area contributed by atoms with Gasteiger partial charge in [0.05, 0.1) is 0 Å². The summed E-state index contributed by atoms with van der Waals surface area (Å²) in [7, 11) is 0. The van der Waals surface area contributed by atoms with Gasteiger partial charge in [0.2, 0.25) is 0 Å². The molecular weight excluding hydrogens is 296 g/mol. The predicted octanol–water partition coefficient (Wildman–Crippen LogP) is 3.20. The van der Waals surface area contributed by atoms with E-state index in [9.17, 15) is 13.2 Å². The molecular formula is C11H11F3N2Se. The molecule has 2 nitrogen and oxygen atoms in total. The third-order valence-corrected chi connectivity index (χ3v) is 3.35. The molecule has 1 aromatic heterocycles. The number of benzene rings is 1. The zero-order valence-corrected chi connectivity index (χ0v) is 11.0. The number of nitrogens with zero attached hydrogens (tertiary/aromatic N) is 2. The van der Waals surface area contributed by atoms with Crippen LogP contribution in [0.1, 0.15) is 19.9 Å². The number of alkyl halides is 3. The number of halogens is 3. The second-order valence-corrected chi connectivity index (χ2v) is 4.80. The van der Waals surface area contributed by atoms with Crippen LogP contribution in [0.2, 0.25) is 0 Å². The van der Waals surface area contributed by atoms with Crippen LogP contribution in [0.5, 0.6) is 0 Å². The Hall–Kier alpha value is -1.00. The van der Waals surface area contributed by atoms with Gasteiger partial charge in [-0.25, -0.2) is 0 Å². The van der Waals surface area contributed by atoms with Crippen molar-refractivity contribution >= 4 is 26.6 Å². The van der Waals surface area contributed by atoms with Crippen LogP contribution in [0.25, 0.3) is 11.0 Å². The van der Waals surface area contributed by atoms with E-state index in [0.29, 0.717) is 10.1 Å². The minimum atomic E-state index is -4.42. The molecule has 0 aliphatic rings. The molecule has 0 radical (unpaired) electrons. The standard InChI is InChI=1S/C11H11F3N2Se/c1-7(2)15-8-5-3-4-6-9(8)16(10(15)17)11(12,13)14/h3-7H,1-2H3. The Bertz CT molecular complexity index is 607. The van der Waals surface area contributed by atoms with Gasteiger partial charge in [-0.05, 0) is 0 Å². The summed E-state index contributed by atoms with van der Waals surface area (Å²) in [6, 6.07) is 6.47. The van der Waals surface area contributed by atoms with Gasteiger partial charge >= 0.3 is 104 Å². The molecule has 0 saturated carbocycles. The maximum atomic E-state index is 13.0. The van der Waals surface area contributed by atoms with Crippen LogP contribution in [0.4, 0.5) is 13.2 Å². The molecule has 1 heterocycles. The second kappa shape index (κ2) is 4.03. The second-order valence-electron chi connectivity index (χ2n) is 4.04. The first-order valence-corrected chi connectivity index (χ1v) is 5.99. The molecule has 0 aliphatic carbocycles. The molecule has 0 bridgehead atoms. The van der Waals surface area contributed by atoms with E-state index >= 15 is 0 Å². The van der Waals surface area contributed by atoms with Crippen LogP contribution in [0.3, 0.4) is 0 Å². The van der Waals surface area contributed by atoms with Gasteiger partial charge in [0.1, 0.15) is 0 Å². The molecule has 0 aliphatic heterocycles. The summed E-state index contributed by atoms with van der Waals surface area (Å²) in [5.74, 6) is 0. The van der Waals surface area contributed by atoms with E-state index in [-0.39, 0.29) is 15.9 Å². The molecule has 2 aromatic rings. The summed E-state index contributed by atoms with van der Waals surface area (Å²) in [4.78, 5) is 0. The van der Waals surface area contributed by atoms with Gasteiger partial charge in [-0.15, -0.1) is 0 Å². The molecule has 2 rings (SSSR count). The Morgan fingerprint density at radius 1 is 1.12 bits per heavy atom. The summed E-state index contributed by atoms with van der Waals surface area (Å²) in [6.07, 6.45) is -4.42. The first kappa shape index (κ1) is 12.5. The summed E-state index contributed by atoms with van der Waals surface area (Å²) in [5.41, 5.74) is 0.746. The zero-order valence-electron chi connectivity index (χ0n) is 9.32. The van der Waals surface area contributed by atoms with E-state index in [1.165, 1.54) is 6.07 Å². The average Bonchev–Trinajstić information content (AvgIpc) is 2.48. The van der Waals surface area contributed by atoms with E-state index in [1.807, 2.05) is 13.8 Å². The van der Waals surface area contributed by atoms with Gasteiger partial charge in [-0.2, -0.15) is 0 Å². The monoisotopic (exact) mass is 308 g/mol. The van der Waals surface area contributed by atoms with Crippen LogP contribution in [-0.4, -0.2) is 24.7 Å². The fourth-order valence-corrected chi connectivity index (χ4v) is 2.99. The number of imidazole rings is 1. The Labute approximate surface area is 104 Å². The van der Waals surface area contributed by atoms with Gasteiger partial charge in [-0.1, -0.05) is 0 Å². The predicted molar refractivity (Wildman–Crippen MR) is 60.6 cm³/mol. The van der Waals surface area contributed by atoms with Crippen LogP contribution in [-0.2, 0) is 6.30 Å². The van der Waals surface area contributed by atoms with Crippen molar-refractivity contribution in [3.63, 3.8) is 0 Å². The summed E-state index contributed by atoms with van der Waals surface area (Å²) in [5, 5.41) is 0. The average molecular weight is 307 g/mol. The first-order valence-electron chi connectivity index (χ1n) is 5.13. The fraction of sp³-hybridized carbons (Fsp3) is 0.364. The van der Waals surface area contributed by atoms with E-state index < -0.39 is 6.30 Å². The molecule has 0 saturated heterocycles. The van der Waals surface area contributed by atoms with Crippen molar-refractivity contribution in [3.8, 4) is 0 Å². The van der Waals surface area contributed by atoms with Crippen molar-refractivity contribution < 1.29 is 13.2 Å².